The highest BCUT2D eigenvalue weighted by atomic mass is 15.0. The molecule has 0 saturated heterocycles. The molecule has 2 heterocycles. The summed E-state index contributed by atoms with van der Waals surface area (Å²) in [4.78, 5) is 0. The number of benzene rings is 5. The molecule has 9 rings (SSSR count). The zero-order valence-electron chi connectivity index (χ0n) is 18.7. The van der Waals surface area contributed by atoms with Crippen LogP contribution in [-0.2, 0) is 19.3 Å². The predicted molar refractivity (Wildman–Crippen MR) is 140 cm³/mol. The number of aromatic nitrogens is 1. The van der Waals surface area contributed by atoms with Crippen molar-refractivity contribution in [2.45, 2.75) is 19.3 Å². The molecular weight excluding hydrogens is 410 g/mol. The van der Waals surface area contributed by atoms with Crippen molar-refractivity contribution in [2.75, 3.05) is 0 Å². The minimum Gasteiger partial charge on any atom is -0.309 e. The number of fused-ring (bicyclic) bond motifs is 12. The number of hydrogen-bond acceptors (Lipinski definition) is 0. The fraction of sp³-hybridized carbons (Fsp3) is 0.0909. The SMILES string of the molecule is c1ccc2c(c1)Cc1cc3c4cccc5c4n(c3cc1-2)-c1ccc2c(c1C5)Cc1ccccc1-2. The molecule has 0 spiro atoms. The van der Waals surface area contributed by atoms with Gasteiger partial charge in [0.25, 0.3) is 0 Å². The first-order chi connectivity index (χ1) is 16.8. The summed E-state index contributed by atoms with van der Waals surface area (Å²) in [5.41, 5.74) is 18.6. The fourth-order valence-corrected chi connectivity index (χ4v) is 7.02. The molecule has 0 fully saturated rings. The monoisotopic (exact) mass is 431 g/mol. The molecule has 1 aliphatic heterocycles. The van der Waals surface area contributed by atoms with E-state index >= 15 is 0 Å². The van der Waals surface area contributed by atoms with Gasteiger partial charge < -0.3 is 4.57 Å². The highest BCUT2D eigenvalue weighted by Crippen LogP contribution is 2.47. The van der Waals surface area contributed by atoms with Crippen LogP contribution in [0.1, 0.15) is 33.4 Å². The Balaban J connectivity index is 1.39. The molecule has 1 heteroatoms. The number of hydrogen-bond donors (Lipinski definition) is 0. The third kappa shape index (κ3) is 1.98. The summed E-state index contributed by atoms with van der Waals surface area (Å²) in [6, 6.07) is 34.4. The van der Waals surface area contributed by atoms with E-state index in [1.54, 1.807) is 0 Å². The number of nitrogens with zero attached hydrogens (tertiary/aromatic N) is 1. The van der Waals surface area contributed by atoms with E-state index < -0.39 is 0 Å². The van der Waals surface area contributed by atoms with Crippen molar-refractivity contribution in [3.63, 3.8) is 0 Å². The zero-order chi connectivity index (χ0) is 22.0. The Labute approximate surface area is 197 Å². The lowest BCUT2D eigenvalue weighted by molar-refractivity contribution is 1.02. The van der Waals surface area contributed by atoms with Gasteiger partial charge in [0, 0.05) is 17.2 Å². The van der Waals surface area contributed by atoms with Gasteiger partial charge in [-0.25, -0.2) is 0 Å². The van der Waals surface area contributed by atoms with E-state index in [1.165, 1.54) is 83.1 Å². The number of rotatable bonds is 0. The van der Waals surface area contributed by atoms with Crippen LogP contribution in [0.5, 0.6) is 0 Å². The molecule has 0 saturated carbocycles. The lowest BCUT2D eigenvalue weighted by atomic mass is 9.91. The van der Waals surface area contributed by atoms with E-state index in [4.69, 9.17) is 0 Å². The van der Waals surface area contributed by atoms with E-state index in [1.807, 2.05) is 0 Å². The Hall–Kier alpha value is -4.10. The van der Waals surface area contributed by atoms with Crippen molar-refractivity contribution in [2.24, 2.45) is 0 Å². The molecule has 6 aromatic rings. The van der Waals surface area contributed by atoms with Gasteiger partial charge in [-0.3, -0.25) is 0 Å². The summed E-state index contributed by atoms with van der Waals surface area (Å²) in [6.45, 7) is 0. The maximum absolute atomic E-state index is 2.57. The quantitative estimate of drug-likeness (QED) is 0.231. The molecule has 0 unspecified atom stereocenters. The van der Waals surface area contributed by atoms with Gasteiger partial charge in [0.1, 0.15) is 0 Å². The van der Waals surface area contributed by atoms with Crippen molar-refractivity contribution in [3.8, 4) is 27.9 Å². The Morgan fingerprint density at radius 2 is 1.21 bits per heavy atom. The highest BCUT2D eigenvalue weighted by Gasteiger charge is 2.29. The summed E-state index contributed by atoms with van der Waals surface area (Å²) in [5, 5.41) is 2.78. The second kappa shape index (κ2) is 5.87. The molecule has 0 N–H and O–H groups in total. The molecule has 0 radical (unpaired) electrons. The topological polar surface area (TPSA) is 4.93 Å². The van der Waals surface area contributed by atoms with Crippen molar-refractivity contribution in [1.82, 2.24) is 4.57 Å². The molecule has 0 amide bonds. The van der Waals surface area contributed by atoms with Gasteiger partial charge in [-0.1, -0.05) is 72.8 Å². The molecule has 3 aliphatic rings. The minimum atomic E-state index is 1.02. The smallest absolute Gasteiger partial charge is 0.0576 e. The first-order valence-electron chi connectivity index (χ1n) is 12.3. The summed E-state index contributed by atoms with van der Waals surface area (Å²) < 4.78 is 2.57. The van der Waals surface area contributed by atoms with E-state index in [0.717, 1.165) is 19.3 Å². The van der Waals surface area contributed by atoms with Crippen molar-refractivity contribution >= 4 is 21.8 Å². The highest BCUT2D eigenvalue weighted by molar-refractivity contribution is 6.13. The van der Waals surface area contributed by atoms with Crippen LogP contribution in [0.3, 0.4) is 0 Å². The van der Waals surface area contributed by atoms with Crippen LogP contribution in [0.4, 0.5) is 0 Å². The first kappa shape index (κ1) is 17.4. The second-order valence-corrected chi connectivity index (χ2v) is 10.1. The van der Waals surface area contributed by atoms with Crippen molar-refractivity contribution in [3.05, 3.63) is 124 Å². The van der Waals surface area contributed by atoms with Crippen LogP contribution < -0.4 is 0 Å². The van der Waals surface area contributed by atoms with Gasteiger partial charge in [0.15, 0.2) is 0 Å². The van der Waals surface area contributed by atoms with Crippen molar-refractivity contribution < 1.29 is 0 Å². The Kier molecular flexibility index (Phi) is 3.00. The third-order valence-electron chi connectivity index (χ3n) is 8.47. The van der Waals surface area contributed by atoms with E-state index in [-0.39, 0.29) is 0 Å². The lowest BCUT2D eigenvalue weighted by Crippen LogP contribution is -2.10. The average Bonchev–Trinajstić information content (AvgIpc) is 3.54. The largest absolute Gasteiger partial charge is 0.309 e. The Morgan fingerprint density at radius 3 is 2.09 bits per heavy atom. The van der Waals surface area contributed by atoms with E-state index in [2.05, 4.69) is 95.6 Å². The molecular formula is C33H21N. The molecule has 0 atom stereocenters. The second-order valence-electron chi connectivity index (χ2n) is 10.1. The van der Waals surface area contributed by atoms with Gasteiger partial charge in [0.2, 0.25) is 0 Å². The van der Waals surface area contributed by atoms with Crippen LogP contribution in [0.2, 0.25) is 0 Å². The van der Waals surface area contributed by atoms with Crippen LogP contribution in [-0.4, -0.2) is 4.57 Å². The van der Waals surface area contributed by atoms with Gasteiger partial charge in [-0.15, -0.1) is 0 Å². The van der Waals surface area contributed by atoms with E-state index in [0.29, 0.717) is 0 Å². The maximum atomic E-state index is 2.57. The standard InChI is InChI=1S/C33H21N/c1-4-10-24-19(6-1)14-22-17-29-26-11-5-8-21-16-30-28-15-20-7-2-3-9-23(20)25(28)12-13-31(30)34(33(21)26)32(29)18-27(22)24/h1-13,17-18H,14-16H2. The third-order valence-corrected chi connectivity index (χ3v) is 8.47. The van der Waals surface area contributed by atoms with Crippen LogP contribution >= 0.6 is 0 Å². The van der Waals surface area contributed by atoms with Gasteiger partial charge in [-0.05, 0) is 86.7 Å². The predicted octanol–water partition coefficient (Wildman–Crippen LogP) is 7.83. The molecule has 0 bridgehead atoms. The maximum Gasteiger partial charge on any atom is 0.0576 e. The van der Waals surface area contributed by atoms with Crippen LogP contribution in [0.25, 0.3) is 49.7 Å². The summed E-state index contributed by atoms with van der Waals surface area (Å²) in [6.07, 6.45) is 3.10. The number of para-hydroxylation sites is 1. The Morgan fingerprint density at radius 1 is 0.471 bits per heavy atom. The van der Waals surface area contributed by atoms with Gasteiger partial charge >= 0.3 is 0 Å². The summed E-state index contributed by atoms with van der Waals surface area (Å²) >= 11 is 0. The van der Waals surface area contributed by atoms with E-state index in [9.17, 15) is 0 Å². The first-order valence-corrected chi connectivity index (χ1v) is 12.3. The van der Waals surface area contributed by atoms with Gasteiger partial charge in [0.05, 0.1) is 16.7 Å². The fourth-order valence-electron chi connectivity index (χ4n) is 7.02. The lowest BCUT2D eigenvalue weighted by Gasteiger charge is -2.23. The van der Waals surface area contributed by atoms with Crippen molar-refractivity contribution in [1.29, 1.82) is 0 Å². The van der Waals surface area contributed by atoms with Gasteiger partial charge in [-0.2, -0.15) is 0 Å². The summed E-state index contributed by atoms with van der Waals surface area (Å²) in [7, 11) is 0. The van der Waals surface area contributed by atoms with Crippen LogP contribution in [0, 0.1) is 0 Å². The summed E-state index contributed by atoms with van der Waals surface area (Å²) in [5.74, 6) is 0. The molecule has 5 aromatic carbocycles. The zero-order valence-corrected chi connectivity index (χ0v) is 18.7. The molecule has 158 valence electrons. The molecule has 34 heavy (non-hydrogen) atoms. The molecule has 2 aliphatic carbocycles. The normalized spacial score (nSPS) is 14.1. The minimum absolute atomic E-state index is 1.02. The molecule has 1 nitrogen and oxygen atoms in total. The molecule has 1 aromatic heterocycles. The van der Waals surface area contributed by atoms with Crippen LogP contribution in [0.15, 0.2) is 91.0 Å². The average molecular weight is 432 g/mol. The Bertz CT molecular complexity index is 1880.